The van der Waals surface area contributed by atoms with E-state index in [-0.39, 0.29) is 17.0 Å². The molecule has 1 aromatic heterocycles. The van der Waals surface area contributed by atoms with Gasteiger partial charge in [-0.3, -0.25) is 0 Å². The highest BCUT2D eigenvalue weighted by atomic mass is 19.4. The summed E-state index contributed by atoms with van der Waals surface area (Å²) in [7, 11) is 0. The summed E-state index contributed by atoms with van der Waals surface area (Å²) >= 11 is 0. The molecular weight excluding hydrogens is 255 g/mol. The summed E-state index contributed by atoms with van der Waals surface area (Å²) in [6, 6.07) is -6.10. The van der Waals surface area contributed by atoms with Gasteiger partial charge in [0.25, 0.3) is 0 Å². The topological polar surface area (TPSA) is 37.0 Å². The maximum Gasteiger partial charge on any atom is 0.417 e. The minimum atomic E-state index is -5.22. The van der Waals surface area contributed by atoms with Crippen molar-refractivity contribution >= 4 is 5.82 Å². The third-order valence-corrected chi connectivity index (χ3v) is 2.54. The van der Waals surface area contributed by atoms with Gasteiger partial charge in [0.1, 0.15) is 7.23 Å². The Balaban J connectivity index is 2.13. The Morgan fingerprint density at radius 2 is 2.58 bits per heavy atom. The molecule has 1 saturated carbocycles. The molecule has 0 aromatic carbocycles. The quantitative estimate of drug-likeness (QED) is 0.895. The van der Waals surface area contributed by atoms with Gasteiger partial charge >= 0.3 is 6.18 Å². The molecule has 1 unspecified atom stereocenters. The van der Waals surface area contributed by atoms with E-state index in [0.29, 0.717) is 0 Å². The molecule has 1 aliphatic carbocycles. The van der Waals surface area contributed by atoms with Gasteiger partial charge in [-0.05, 0) is 43.2 Å². The van der Waals surface area contributed by atoms with Crippen LogP contribution in [0, 0.1) is 11.8 Å². The number of piperidine rings is 1. The van der Waals surface area contributed by atoms with Crippen LogP contribution in [0.15, 0.2) is 18.3 Å². The van der Waals surface area contributed by atoms with E-state index in [1.54, 1.807) is 0 Å². The van der Waals surface area contributed by atoms with Crippen molar-refractivity contribution in [1.29, 1.82) is 0 Å². The second-order valence-corrected chi connectivity index (χ2v) is 4.00. The van der Waals surface area contributed by atoms with Gasteiger partial charge in [-0.2, -0.15) is 13.2 Å². The average molecular weight is 283 g/mol. The minimum Gasteiger partial charge on any atom is -0.369 e. The van der Waals surface area contributed by atoms with Crippen molar-refractivity contribution in [2.45, 2.75) is 25.0 Å². The van der Waals surface area contributed by atoms with Crippen LogP contribution in [0.3, 0.4) is 0 Å². The smallest absolute Gasteiger partial charge is 0.369 e. The number of halogens is 3. The van der Waals surface area contributed by atoms with Crippen LogP contribution in [-0.2, 0) is 6.18 Å². The first-order chi connectivity index (χ1) is 13.8. The van der Waals surface area contributed by atoms with Crippen molar-refractivity contribution in [2.24, 2.45) is 11.8 Å². The second kappa shape index (κ2) is 4.67. The van der Waals surface area contributed by atoms with Crippen molar-refractivity contribution in [3.05, 3.63) is 23.8 Å². The molecule has 1 aliphatic heterocycles. The van der Waals surface area contributed by atoms with Gasteiger partial charge in [0, 0.05) is 25.5 Å². The molecule has 0 spiro atoms. The molecule has 6 heteroatoms. The molecule has 2 fully saturated rings. The van der Waals surface area contributed by atoms with Crippen molar-refractivity contribution in [2.75, 3.05) is 18.3 Å². The van der Waals surface area contributed by atoms with Gasteiger partial charge in [0.2, 0.25) is 0 Å². The summed E-state index contributed by atoms with van der Waals surface area (Å²) in [6.07, 6.45) is -8.94. The lowest BCUT2D eigenvalue weighted by Gasteiger charge is -2.23. The van der Waals surface area contributed by atoms with E-state index in [4.69, 9.17) is 16.5 Å². The Hall–Kier alpha value is -1.30. The summed E-state index contributed by atoms with van der Waals surface area (Å²) in [6.45, 7) is -6.43. The molecule has 0 bridgehead atoms. The normalized spacial score (nSPS) is 54.9. The van der Waals surface area contributed by atoms with E-state index in [9.17, 15) is 13.2 Å². The Morgan fingerprint density at radius 3 is 3.37 bits per heavy atom. The highest BCUT2D eigenvalue weighted by Gasteiger charge is 2.41. The molecule has 1 saturated heterocycles. The first kappa shape index (κ1) is 4.91. The number of nitrogens with one attached hydrogen (secondary N) is 2. The zero-order valence-corrected chi connectivity index (χ0v) is 9.34. The number of nitrogens with zero attached hydrogens (tertiary/aromatic N) is 1. The standard InChI is InChI=1S/C13H16F3N3/c14-13(15,16)10-1-2-12(18-6-10)19-7-11-4-8-3-9(8)5-17-11/h1-2,6,8-9,11,17H,3-5,7H2,(H,18,19)/t8-,9+,11-/m0/s1/i1D,2D,4D,5D2,6D,7D2,9D,11D/hD2/t4?,8-,9+,11-. The summed E-state index contributed by atoms with van der Waals surface area (Å²) in [5, 5.41) is -0.621. The van der Waals surface area contributed by atoms with Gasteiger partial charge in [0.15, 0.2) is 1.41 Å². The molecule has 3 rings (SSSR count). The van der Waals surface area contributed by atoms with Crippen LogP contribution < -0.4 is 10.6 Å². The summed E-state index contributed by atoms with van der Waals surface area (Å²) < 4.78 is 135. The van der Waals surface area contributed by atoms with Gasteiger partial charge < -0.3 is 10.6 Å². The van der Waals surface area contributed by atoms with Crippen molar-refractivity contribution in [3.8, 4) is 0 Å². The van der Waals surface area contributed by atoms with Crippen LogP contribution in [0.25, 0.3) is 0 Å². The molecule has 3 nitrogen and oxygen atoms in total. The molecule has 4 atom stereocenters. The van der Waals surface area contributed by atoms with Crippen LogP contribution in [0.5, 0.6) is 0 Å². The Kier molecular flexibility index (Phi) is 1.21. The lowest BCUT2D eigenvalue weighted by Crippen LogP contribution is -2.40. The number of hydrogen-bond donors (Lipinski definition) is 2. The highest BCUT2D eigenvalue weighted by Crippen LogP contribution is 2.44. The zero-order chi connectivity index (χ0) is 24.1. The lowest BCUT2D eigenvalue weighted by atomic mass is 10.1. The fourth-order valence-corrected chi connectivity index (χ4v) is 1.47. The third-order valence-electron chi connectivity index (χ3n) is 2.54. The maximum absolute atomic E-state index is 13.0. The third kappa shape index (κ3) is 3.00. The van der Waals surface area contributed by atoms with Gasteiger partial charge in [0.05, 0.1) is 12.4 Å². The number of alkyl halides is 3. The van der Waals surface area contributed by atoms with Gasteiger partial charge in [-0.25, -0.2) is 4.98 Å². The Labute approximate surface area is 125 Å². The van der Waals surface area contributed by atoms with Crippen LogP contribution in [0.1, 0.15) is 32.1 Å². The number of aromatic nitrogens is 1. The van der Waals surface area contributed by atoms with E-state index in [1.165, 1.54) is 0 Å². The van der Waals surface area contributed by atoms with Gasteiger partial charge in [-0.1, -0.05) is 0 Å². The SMILES string of the molecule is [2H]c1nc(N([2H])C([2H])([2H])[C@]2([2H])C([2H])[C@@H]3C[C@]3([2H])C([2H])([2H])N2[2H])c([2H])c([2H])c1C(F)(F)F. The first-order valence-electron chi connectivity index (χ1n) is 11.3. The van der Waals surface area contributed by atoms with E-state index in [1.807, 2.05) is 0 Å². The van der Waals surface area contributed by atoms with Crippen LogP contribution in [-0.4, -0.2) is 24.0 Å². The first-order valence-corrected chi connectivity index (χ1v) is 5.33. The fourth-order valence-electron chi connectivity index (χ4n) is 1.47. The van der Waals surface area contributed by atoms with E-state index >= 15 is 0 Å². The summed E-state index contributed by atoms with van der Waals surface area (Å²) in [5.74, 6) is -4.33. The van der Waals surface area contributed by atoms with E-state index in [2.05, 4.69) is 4.98 Å². The van der Waals surface area contributed by atoms with Crippen molar-refractivity contribution in [3.63, 3.8) is 0 Å². The number of rotatable bonds is 3. The number of hydrogen-bond acceptors (Lipinski definition) is 3. The molecular formula is C13H16F3N3. The summed E-state index contributed by atoms with van der Waals surface area (Å²) in [5.41, 5.74) is -1.87. The van der Waals surface area contributed by atoms with Crippen molar-refractivity contribution in [1.82, 2.24) is 10.3 Å². The van der Waals surface area contributed by atoms with Crippen LogP contribution in [0.2, 0.25) is 2.82 Å². The Bertz CT molecular complexity index is 929. The molecule has 0 amide bonds. The Morgan fingerprint density at radius 1 is 1.74 bits per heavy atom. The van der Waals surface area contributed by atoms with Gasteiger partial charge in [-0.15, -0.1) is 0 Å². The predicted molar refractivity (Wildman–Crippen MR) is 65.7 cm³/mol. The van der Waals surface area contributed by atoms with E-state index < -0.39 is 73.0 Å². The molecule has 0 radical (unpaired) electrons. The number of anilines is 1. The monoisotopic (exact) mass is 283 g/mol. The maximum atomic E-state index is 13.0. The van der Waals surface area contributed by atoms with Crippen LogP contribution in [0.4, 0.5) is 19.0 Å². The lowest BCUT2D eigenvalue weighted by molar-refractivity contribution is -0.137. The minimum absolute atomic E-state index is 0.242. The second-order valence-electron chi connectivity index (χ2n) is 4.00. The molecule has 19 heavy (non-hydrogen) atoms. The predicted octanol–water partition coefficient (Wildman–Crippen LogP) is 2.51. The number of pyridine rings is 1. The van der Waals surface area contributed by atoms with Crippen LogP contribution >= 0.6 is 0 Å². The zero-order valence-electron chi connectivity index (χ0n) is 21.3. The molecule has 2 heterocycles. The number of fused-ring (bicyclic) bond motifs is 1. The van der Waals surface area contributed by atoms with E-state index in [0.717, 1.165) is 0 Å². The largest absolute Gasteiger partial charge is 0.417 e. The summed E-state index contributed by atoms with van der Waals surface area (Å²) in [4.78, 5) is 3.10. The van der Waals surface area contributed by atoms with Crippen molar-refractivity contribution < 1.29 is 29.7 Å². The molecule has 2 N–H and O–H groups in total. The highest BCUT2D eigenvalue weighted by molar-refractivity contribution is 5.36. The molecule has 1 aromatic rings. The molecule has 2 aliphatic rings. The fraction of sp³-hybridized carbons (Fsp3) is 0.615. The molecule has 104 valence electrons. The average Bonchev–Trinajstić information content (AvgIpc) is 3.34.